The summed E-state index contributed by atoms with van der Waals surface area (Å²) >= 11 is 1.44. The number of rotatable bonds is 4. The molecule has 1 aromatic heterocycles. The van der Waals surface area contributed by atoms with Gasteiger partial charge in [-0.05, 0) is 20.4 Å². The highest BCUT2D eigenvalue weighted by Gasteiger charge is 2.24. The number of hydrogen-bond donors (Lipinski definition) is 1. The Morgan fingerprint density at radius 3 is 2.63 bits per heavy atom. The van der Waals surface area contributed by atoms with Gasteiger partial charge in [0.15, 0.2) is 0 Å². The van der Waals surface area contributed by atoms with Gasteiger partial charge in [0.1, 0.15) is 5.01 Å². The fourth-order valence-corrected chi connectivity index (χ4v) is 2.71. The zero-order chi connectivity index (χ0) is 13.8. The zero-order valence-electron chi connectivity index (χ0n) is 11.7. The maximum absolute atomic E-state index is 12.2. The second-order valence-electron chi connectivity index (χ2n) is 4.86. The molecule has 7 heteroatoms. The molecule has 0 bridgehead atoms. The second kappa shape index (κ2) is 6.40. The van der Waals surface area contributed by atoms with Crippen molar-refractivity contribution in [2.24, 2.45) is 0 Å². The molecule has 6 nitrogen and oxygen atoms in total. The Bertz CT molecular complexity index is 428. The van der Waals surface area contributed by atoms with E-state index in [1.54, 1.807) is 0 Å². The molecule has 2 heterocycles. The van der Waals surface area contributed by atoms with Crippen LogP contribution in [0.2, 0.25) is 0 Å². The van der Waals surface area contributed by atoms with E-state index in [4.69, 9.17) is 0 Å². The summed E-state index contributed by atoms with van der Waals surface area (Å²) in [5.41, 5.74) is 0. The molecule has 1 aliphatic heterocycles. The van der Waals surface area contributed by atoms with Crippen molar-refractivity contribution in [1.82, 2.24) is 20.0 Å². The number of piperazine rings is 1. The Kier molecular flexibility index (Phi) is 4.84. The Morgan fingerprint density at radius 1 is 1.37 bits per heavy atom. The molecule has 2 rings (SSSR count). The number of hydrogen-bond acceptors (Lipinski definition) is 6. The third-order valence-electron chi connectivity index (χ3n) is 3.46. The number of aryl methyl sites for hydroxylation is 1. The van der Waals surface area contributed by atoms with E-state index >= 15 is 0 Å². The van der Waals surface area contributed by atoms with Crippen LogP contribution in [-0.2, 0) is 11.2 Å². The largest absolute Gasteiger partial charge is 0.304 e. The highest BCUT2D eigenvalue weighted by Crippen LogP contribution is 2.16. The minimum Gasteiger partial charge on any atom is -0.304 e. The van der Waals surface area contributed by atoms with Crippen LogP contribution in [0.3, 0.4) is 0 Å². The van der Waals surface area contributed by atoms with Crippen LogP contribution in [0.5, 0.6) is 0 Å². The van der Waals surface area contributed by atoms with Gasteiger partial charge in [0.05, 0.1) is 6.04 Å². The highest BCUT2D eigenvalue weighted by atomic mass is 32.1. The summed E-state index contributed by atoms with van der Waals surface area (Å²) in [6, 6.07) is -0.123. The summed E-state index contributed by atoms with van der Waals surface area (Å²) in [4.78, 5) is 16.6. The average Bonchev–Trinajstić information content (AvgIpc) is 2.86. The highest BCUT2D eigenvalue weighted by molar-refractivity contribution is 7.15. The van der Waals surface area contributed by atoms with Crippen LogP contribution in [0.15, 0.2) is 0 Å². The number of anilines is 1. The van der Waals surface area contributed by atoms with Crippen LogP contribution >= 0.6 is 11.3 Å². The van der Waals surface area contributed by atoms with Crippen LogP contribution in [0.25, 0.3) is 0 Å². The number of amides is 1. The van der Waals surface area contributed by atoms with Gasteiger partial charge < -0.3 is 4.90 Å². The molecule has 0 aromatic carbocycles. The molecular formula is C12H21N5OS. The monoisotopic (exact) mass is 283 g/mol. The van der Waals surface area contributed by atoms with Crippen molar-refractivity contribution >= 4 is 22.4 Å². The predicted octanol–water partition coefficient (Wildman–Crippen LogP) is 0.675. The smallest absolute Gasteiger partial charge is 0.243 e. The average molecular weight is 283 g/mol. The standard InChI is InChI=1S/C12H21N5OS/c1-4-10-14-15-12(19-10)13-11(18)9(2)17-7-5-16(3)6-8-17/h9H,4-8H2,1-3H3,(H,13,15,18)/t9-/m0/s1. The van der Waals surface area contributed by atoms with Crippen molar-refractivity contribution in [3.63, 3.8) is 0 Å². The SMILES string of the molecule is CCc1nnc(NC(=O)[C@H](C)N2CCN(C)CC2)s1. The topological polar surface area (TPSA) is 61.4 Å². The Morgan fingerprint density at radius 2 is 2.05 bits per heavy atom. The van der Waals surface area contributed by atoms with Crippen LogP contribution in [0.1, 0.15) is 18.9 Å². The van der Waals surface area contributed by atoms with E-state index in [9.17, 15) is 4.79 Å². The summed E-state index contributed by atoms with van der Waals surface area (Å²) in [6.45, 7) is 7.86. The van der Waals surface area contributed by atoms with Gasteiger partial charge in [0, 0.05) is 26.2 Å². The first kappa shape index (κ1) is 14.4. The molecule has 1 fully saturated rings. The Hall–Kier alpha value is -1.05. The summed E-state index contributed by atoms with van der Waals surface area (Å²) in [7, 11) is 2.11. The van der Waals surface area contributed by atoms with E-state index in [1.165, 1.54) is 11.3 Å². The first-order valence-corrected chi connectivity index (χ1v) is 7.47. The maximum Gasteiger partial charge on any atom is 0.243 e. The van der Waals surface area contributed by atoms with Gasteiger partial charge in [0.25, 0.3) is 0 Å². The van der Waals surface area contributed by atoms with Crippen LogP contribution < -0.4 is 5.32 Å². The molecular weight excluding hydrogens is 262 g/mol. The van der Waals surface area contributed by atoms with Crippen LogP contribution in [0, 0.1) is 0 Å². The maximum atomic E-state index is 12.2. The lowest BCUT2D eigenvalue weighted by molar-refractivity contribution is -0.121. The van der Waals surface area contributed by atoms with Gasteiger partial charge in [-0.25, -0.2) is 0 Å². The number of nitrogens with one attached hydrogen (secondary N) is 1. The lowest BCUT2D eigenvalue weighted by Crippen LogP contribution is -2.51. The molecule has 1 amide bonds. The number of likely N-dealkylation sites (N-methyl/N-ethyl adjacent to an activating group) is 1. The fraction of sp³-hybridized carbons (Fsp3) is 0.750. The van der Waals surface area contributed by atoms with Crippen LogP contribution in [0.4, 0.5) is 5.13 Å². The van der Waals surface area contributed by atoms with E-state index in [1.807, 2.05) is 13.8 Å². The first-order valence-electron chi connectivity index (χ1n) is 6.66. The van der Waals surface area contributed by atoms with E-state index in [0.29, 0.717) is 5.13 Å². The molecule has 0 saturated carbocycles. The van der Waals surface area contributed by atoms with E-state index < -0.39 is 0 Å². The number of nitrogens with zero attached hydrogens (tertiary/aromatic N) is 4. The minimum absolute atomic E-state index is 0.00311. The number of carbonyl (C=O) groups excluding carboxylic acids is 1. The Balaban J connectivity index is 1.88. The molecule has 1 aromatic rings. The third-order valence-corrected chi connectivity index (χ3v) is 4.45. The lowest BCUT2D eigenvalue weighted by atomic mass is 10.2. The van der Waals surface area contributed by atoms with E-state index in [0.717, 1.165) is 37.6 Å². The van der Waals surface area contributed by atoms with Gasteiger partial charge in [-0.3, -0.25) is 15.0 Å². The normalized spacial score (nSPS) is 19.3. The molecule has 0 aliphatic carbocycles. The molecule has 0 unspecified atom stereocenters. The van der Waals surface area contributed by atoms with Gasteiger partial charge in [-0.1, -0.05) is 18.3 Å². The molecule has 1 aliphatic rings. The molecule has 1 atom stereocenters. The van der Waals surface area contributed by atoms with Gasteiger partial charge in [-0.2, -0.15) is 0 Å². The van der Waals surface area contributed by atoms with Crippen molar-refractivity contribution < 1.29 is 4.79 Å². The van der Waals surface area contributed by atoms with Crippen molar-refractivity contribution in [2.45, 2.75) is 26.3 Å². The fourth-order valence-electron chi connectivity index (χ4n) is 2.03. The van der Waals surface area contributed by atoms with E-state index in [2.05, 4.69) is 32.4 Å². The predicted molar refractivity (Wildman–Crippen MR) is 76.4 cm³/mol. The minimum atomic E-state index is -0.123. The molecule has 0 spiro atoms. The Labute approximate surface area is 117 Å². The zero-order valence-corrected chi connectivity index (χ0v) is 12.5. The third kappa shape index (κ3) is 3.71. The second-order valence-corrected chi connectivity index (χ2v) is 5.92. The van der Waals surface area contributed by atoms with Crippen molar-refractivity contribution in [2.75, 3.05) is 38.5 Å². The molecule has 0 radical (unpaired) electrons. The molecule has 19 heavy (non-hydrogen) atoms. The summed E-state index contributed by atoms with van der Waals surface area (Å²) < 4.78 is 0. The van der Waals surface area contributed by atoms with Gasteiger partial charge >= 0.3 is 0 Å². The van der Waals surface area contributed by atoms with Gasteiger partial charge in [0.2, 0.25) is 11.0 Å². The quantitative estimate of drug-likeness (QED) is 0.880. The lowest BCUT2D eigenvalue weighted by Gasteiger charge is -2.35. The summed E-state index contributed by atoms with van der Waals surface area (Å²) in [6.07, 6.45) is 0.849. The summed E-state index contributed by atoms with van der Waals surface area (Å²) in [5.74, 6) is 0.00311. The molecule has 1 N–H and O–H groups in total. The summed E-state index contributed by atoms with van der Waals surface area (Å²) in [5, 5.41) is 12.4. The molecule has 106 valence electrons. The number of aromatic nitrogens is 2. The number of carbonyl (C=O) groups is 1. The van der Waals surface area contributed by atoms with Crippen molar-refractivity contribution in [3.8, 4) is 0 Å². The van der Waals surface area contributed by atoms with Crippen molar-refractivity contribution in [3.05, 3.63) is 5.01 Å². The van der Waals surface area contributed by atoms with Crippen molar-refractivity contribution in [1.29, 1.82) is 0 Å². The van der Waals surface area contributed by atoms with Crippen LogP contribution in [-0.4, -0.2) is 65.2 Å². The van der Waals surface area contributed by atoms with Gasteiger partial charge in [-0.15, -0.1) is 10.2 Å². The van der Waals surface area contributed by atoms with E-state index in [-0.39, 0.29) is 11.9 Å². The molecule has 1 saturated heterocycles. The first-order chi connectivity index (χ1) is 9.10.